The van der Waals surface area contributed by atoms with E-state index in [1.165, 1.54) is 12.1 Å². The number of aryl methyl sites for hydroxylation is 1. The van der Waals surface area contributed by atoms with E-state index in [0.29, 0.717) is 12.3 Å². The summed E-state index contributed by atoms with van der Waals surface area (Å²) in [4.78, 5) is 17.4. The normalized spacial score (nSPS) is 20.1. The van der Waals surface area contributed by atoms with Crippen LogP contribution in [0.2, 0.25) is 0 Å². The maximum atomic E-state index is 10.7. The highest BCUT2D eigenvalue weighted by atomic mass is 16.4. The third kappa shape index (κ3) is 4.34. The molecule has 1 unspecified atom stereocenters. The molecule has 0 aromatic carbocycles. The topological polar surface area (TPSA) is 58.4 Å². The summed E-state index contributed by atoms with van der Waals surface area (Å²) in [5.41, 5.74) is 1.27. The Morgan fingerprint density at radius 3 is 3.15 bits per heavy atom. The highest BCUT2D eigenvalue weighted by molar-refractivity contribution is 5.66. The number of nitrogens with zero attached hydrogens (tertiary/aromatic N) is 3. The highest BCUT2D eigenvalue weighted by Crippen LogP contribution is 2.22. The minimum absolute atomic E-state index is 0.298. The van der Waals surface area contributed by atoms with Gasteiger partial charge in [0.25, 0.3) is 0 Å². The zero-order chi connectivity index (χ0) is 14.4. The van der Waals surface area contributed by atoms with E-state index in [-0.39, 0.29) is 0 Å². The van der Waals surface area contributed by atoms with Crippen molar-refractivity contribution in [3.63, 3.8) is 0 Å². The van der Waals surface area contributed by atoms with Gasteiger partial charge in [0, 0.05) is 32.3 Å². The Morgan fingerprint density at radius 2 is 2.40 bits per heavy atom. The minimum Gasteiger partial charge on any atom is -0.481 e. The van der Waals surface area contributed by atoms with Gasteiger partial charge in [-0.2, -0.15) is 0 Å². The molecule has 0 amide bonds. The Bertz CT molecular complexity index is 431. The average Bonchev–Trinajstić information content (AvgIpc) is 2.85. The highest BCUT2D eigenvalue weighted by Gasteiger charge is 2.21. The molecule has 0 bridgehead atoms. The Morgan fingerprint density at radius 1 is 1.55 bits per heavy atom. The lowest BCUT2D eigenvalue weighted by atomic mass is 9.93. The summed E-state index contributed by atoms with van der Waals surface area (Å²) in [6.45, 7) is 6.26. The molecular formula is C15H25N3O2. The second-order valence-electron chi connectivity index (χ2n) is 5.75. The lowest BCUT2D eigenvalue weighted by Gasteiger charge is -2.32. The number of piperidine rings is 1. The molecule has 5 heteroatoms. The zero-order valence-electron chi connectivity index (χ0n) is 12.3. The molecule has 0 radical (unpaired) electrons. The predicted octanol–water partition coefficient (Wildman–Crippen LogP) is 2.37. The Kier molecular flexibility index (Phi) is 5.59. The first-order chi connectivity index (χ1) is 9.69. The molecule has 2 rings (SSSR count). The monoisotopic (exact) mass is 279 g/mol. The van der Waals surface area contributed by atoms with Crippen LogP contribution < -0.4 is 0 Å². The molecule has 112 valence electrons. The molecule has 2 heterocycles. The van der Waals surface area contributed by atoms with E-state index in [1.807, 2.05) is 12.5 Å². The molecular weight excluding hydrogens is 254 g/mol. The maximum Gasteiger partial charge on any atom is 0.303 e. The van der Waals surface area contributed by atoms with Crippen LogP contribution in [0.4, 0.5) is 0 Å². The Labute approximate surface area is 120 Å². The van der Waals surface area contributed by atoms with Crippen LogP contribution in [0, 0.1) is 5.92 Å². The van der Waals surface area contributed by atoms with E-state index in [0.717, 1.165) is 45.4 Å². The van der Waals surface area contributed by atoms with Gasteiger partial charge in [0.1, 0.15) is 0 Å². The molecule has 1 fully saturated rings. The maximum absolute atomic E-state index is 10.7. The standard InChI is InChI=1S/C15H25N3O2/c1-2-7-18-12-16-9-14(18)11-17-8-3-4-13(10-17)5-6-15(19)20/h9,12-13H,2-8,10-11H2,1H3,(H,19,20). The number of aliphatic carboxylic acids is 1. The molecule has 1 saturated heterocycles. The van der Waals surface area contributed by atoms with Gasteiger partial charge in [-0.15, -0.1) is 0 Å². The number of imidazole rings is 1. The summed E-state index contributed by atoms with van der Waals surface area (Å²) in [6, 6.07) is 0. The molecule has 1 atom stereocenters. The number of carbonyl (C=O) groups is 1. The summed E-state index contributed by atoms with van der Waals surface area (Å²) >= 11 is 0. The quantitative estimate of drug-likeness (QED) is 0.832. The van der Waals surface area contributed by atoms with E-state index in [1.54, 1.807) is 0 Å². The number of carboxylic acid groups (broad SMARTS) is 1. The summed E-state index contributed by atoms with van der Waals surface area (Å²) in [5.74, 6) is -0.148. The number of hydrogen-bond donors (Lipinski definition) is 1. The van der Waals surface area contributed by atoms with Gasteiger partial charge in [-0.25, -0.2) is 4.98 Å². The smallest absolute Gasteiger partial charge is 0.303 e. The fourth-order valence-electron chi connectivity index (χ4n) is 3.01. The van der Waals surface area contributed by atoms with Crippen molar-refractivity contribution in [1.82, 2.24) is 14.5 Å². The molecule has 1 aromatic rings. The number of rotatable bonds is 7. The third-order valence-electron chi connectivity index (χ3n) is 4.02. The minimum atomic E-state index is -0.678. The number of likely N-dealkylation sites (tertiary alicyclic amines) is 1. The zero-order valence-corrected chi connectivity index (χ0v) is 12.3. The summed E-state index contributed by atoms with van der Waals surface area (Å²) < 4.78 is 2.22. The van der Waals surface area contributed by atoms with Gasteiger partial charge in [0.15, 0.2) is 0 Å². The average molecular weight is 279 g/mol. The summed E-state index contributed by atoms with van der Waals surface area (Å²) in [7, 11) is 0. The van der Waals surface area contributed by atoms with Crippen molar-refractivity contribution in [3.05, 3.63) is 18.2 Å². The number of hydrogen-bond acceptors (Lipinski definition) is 3. The molecule has 1 aliphatic heterocycles. The SMILES string of the molecule is CCCn1cncc1CN1CCCC(CCC(=O)O)C1. The van der Waals surface area contributed by atoms with Crippen molar-refractivity contribution in [1.29, 1.82) is 0 Å². The summed E-state index contributed by atoms with van der Waals surface area (Å²) in [5, 5.41) is 8.79. The van der Waals surface area contributed by atoms with Crippen LogP contribution >= 0.6 is 0 Å². The first-order valence-corrected chi connectivity index (χ1v) is 7.62. The Hall–Kier alpha value is -1.36. The van der Waals surface area contributed by atoms with Crippen LogP contribution in [0.15, 0.2) is 12.5 Å². The van der Waals surface area contributed by atoms with Crippen LogP contribution in [0.1, 0.15) is 44.7 Å². The van der Waals surface area contributed by atoms with Crippen LogP contribution in [0.3, 0.4) is 0 Å². The van der Waals surface area contributed by atoms with Gasteiger partial charge in [-0.05, 0) is 38.1 Å². The van der Waals surface area contributed by atoms with Gasteiger partial charge in [-0.1, -0.05) is 6.92 Å². The van der Waals surface area contributed by atoms with Gasteiger partial charge in [0.2, 0.25) is 0 Å². The van der Waals surface area contributed by atoms with Gasteiger partial charge in [0.05, 0.1) is 12.0 Å². The van der Waals surface area contributed by atoms with E-state index < -0.39 is 5.97 Å². The van der Waals surface area contributed by atoms with Crippen molar-refractivity contribution in [2.45, 2.75) is 52.1 Å². The molecule has 20 heavy (non-hydrogen) atoms. The lowest BCUT2D eigenvalue weighted by Crippen LogP contribution is -2.35. The molecule has 1 aliphatic rings. The number of carboxylic acids is 1. The predicted molar refractivity (Wildman–Crippen MR) is 77.4 cm³/mol. The summed E-state index contributed by atoms with van der Waals surface area (Å²) in [6.07, 6.45) is 8.42. The fraction of sp³-hybridized carbons (Fsp3) is 0.733. The van der Waals surface area contributed by atoms with Crippen LogP contribution in [-0.4, -0.2) is 38.6 Å². The van der Waals surface area contributed by atoms with Crippen molar-refractivity contribution >= 4 is 5.97 Å². The first-order valence-electron chi connectivity index (χ1n) is 7.62. The van der Waals surface area contributed by atoms with Crippen LogP contribution in [0.5, 0.6) is 0 Å². The molecule has 1 aromatic heterocycles. The lowest BCUT2D eigenvalue weighted by molar-refractivity contribution is -0.137. The van der Waals surface area contributed by atoms with E-state index >= 15 is 0 Å². The van der Waals surface area contributed by atoms with Crippen molar-refractivity contribution in [2.24, 2.45) is 5.92 Å². The third-order valence-corrected chi connectivity index (χ3v) is 4.02. The fourth-order valence-corrected chi connectivity index (χ4v) is 3.01. The first kappa shape index (κ1) is 15.0. The largest absolute Gasteiger partial charge is 0.481 e. The van der Waals surface area contributed by atoms with Crippen LogP contribution in [-0.2, 0) is 17.9 Å². The van der Waals surface area contributed by atoms with E-state index in [2.05, 4.69) is 21.4 Å². The molecule has 1 N–H and O–H groups in total. The van der Waals surface area contributed by atoms with Gasteiger partial charge in [-0.3, -0.25) is 9.69 Å². The van der Waals surface area contributed by atoms with Crippen molar-refractivity contribution in [3.8, 4) is 0 Å². The van der Waals surface area contributed by atoms with E-state index in [9.17, 15) is 4.79 Å². The molecule has 0 saturated carbocycles. The second-order valence-corrected chi connectivity index (χ2v) is 5.75. The molecule has 0 aliphatic carbocycles. The van der Waals surface area contributed by atoms with Gasteiger partial charge < -0.3 is 9.67 Å². The van der Waals surface area contributed by atoms with Crippen molar-refractivity contribution < 1.29 is 9.90 Å². The van der Waals surface area contributed by atoms with Crippen molar-refractivity contribution in [2.75, 3.05) is 13.1 Å². The molecule has 0 spiro atoms. The number of aromatic nitrogens is 2. The second kappa shape index (κ2) is 7.43. The van der Waals surface area contributed by atoms with Gasteiger partial charge >= 0.3 is 5.97 Å². The van der Waals surface area contributed by atoms with E-state index in [4.69, 9.17) is 5.11 Å². The Balaban J connectivity index is 1.85. The molecule has 5 nitrogen and oxygen atoms in total. The van der Waals surface area contributed by atoms with Crippen LogP contribution in [0.25, 0.3) is 0 Å².